The van der Waals surface area contributed by atoms with Crippen LogP contribution in [0.2, 0.25) is 0 Å². The van der Waals surface area contributed by atoms with Crippen molar-refractivity contribution in [2.24, 2.45) is 0 Å². The van der Waals surface area contributed by atoms with E-state index in [-0.39, 0.29) is 12.0 Å². The van der Waals surface area contributed by atoms with Gasteiger partial charge in [-0.15, -0.1) is 0 Å². The van der Waals surface area contributed by atoms with Crippen molar-refractivity contribution in [2.45, 2.75) is 19.0 Å². The summed E-state index contributed by atoms with van der Waals surface area (Å²) in [5.41, 5.74) is 2.41. The van der Waals surface area contributed by atoms with E-state index in [1.54, 1.807) is 24.5 Å². The van der Waals surface area contributed by atoms with E-state index in [0.717, 1.165) is 23.6 Å². The van der Waals surface area contributed by atoms with Gasteiger partial charge in [-0.25, -0.2) is 4.98 Å². The highest BCUT2D eigenvalue weighted by molar-refractivity contribution is 5.40. The highest BCUT2D eigenvalue weighted by Gasteiger charge is 2.26. The number of imidazole rings is 1. The second kappa shape index (κ2) is 5.62. The standard InChI is InChI=1S/C17H17FN4O/c1-21(13-7-9-23-14-4-3-8-19-17(13)14)10-12-11-22-15(18)5-2-6-16(22)20-12/h2-6,8,11,13H,7,9-10H2,1H3. The zero-order chi connectivity index (χ0) is 15.8. The van der Waals surface area contributed by atoms with Crippen molar-refractivity contribution in [3.63, 3.8) is 0 Å². The Morgan fingerprint density at radius 1 is 1.35 bits per heavy atom. The molecule has 118 valence electrons. The molecule has 0 fully saturated rings. The molecule has 1 aliphatic heterocycles. The first-order valence-corrected chi connectivity index (χ1v) is 7.63. The monoisotopic (exact) mass is 312 g/mol. The fourth-order valence-electron chi connectivity index (χ4n) is 3.09. The second-order valence-corrected chi connectivity index (χ2v) is 5.76. The predicted molar refractivity (Wildman–Crippen MR) is 83.7 cm³/mol. The Morgan fingerprint density at radius 2 is 2.26 bits per heavy atom. The van der Waals surface area contributed by atoms with E-state index >= 15 is 0 Å². The maximum atomic E-state index is 13.8. The van der Waals surface area contributed by atoms with Gasteiger partial charge in [0.1, 0.15) is 11.4 Å². The average molecular weight is 312 g/mol. The van der Waals surface area contributed by atoms with Crippen LogP contribution in [0, 0.1) is 5.95 Å². The van der Waals surface area contributed by atoms with Gasteiger partial charge in [-0.1, -0.05) is 6.07 Å². The summed E-state index contributed by atoms with van der Waals surface area (Å²) in [6.45, 7) is 1.30. The summed E-state index contributed by atoms with van der Waals surface area (Å²) in [6, 6.07) is 8.91. The van der Waals surface area contributed by atoms with E-state index in [0.29, 0.717) is 18.8 Å². The van der Waals surface area contributed by atoms with Gasteiger partial charge < -0.3 is 4.74 Å². The Bertz CT molecular complexity index is 847. The smallest absolute Gasteiger partial charge is 0.199 e. The van der Waals surface area contributed by atoms with Gasteiger partial charge in [0.25, 0.3) is 0 Å². The molecule has 1 atom stereocenters. The molecular formula is C17H17FN4O. The molecule has 1 unspecified atom stereocenters. The molecule has 4 heterocycles. The number of rotatable bonds is 3. The molecule has 0 spiro atoms. The minimum atomic E-state index is -0.304. The van der Waals surface area contributed by atoms with Crippen LogP contribution < -0.4 is 4.74 Å². The quantitative estimate of drug-likeness (QED) is 0.698. The van der Waals surface area contributed by atoms with Crippen molar-refractivity contribution in [1.29, 1.82) is 0 Å². The van der Waals surface area contributed by atoms with Gasteiger partial charge >= 0.3 is 0 Å². The number of hydrogen-bond donors (Lipinski definition) is 0. The Labute approximate surface area is 133 Å². The maximum absolute atomic E-state index is 13.8. The number of halogens is 1. The third-order valence-corrected chi connectivity index (χ3v) is 4.20. The van der Waals surface area contributed by atoms with E-state index in [1.807, 2.05) is 19.2 Å². The normalized spacial score (nSPS) is 17.3. The maximum Gasteiger partial charge on any atom is 0.199 e. The van der Waals surface area contributed by atoms with Crippen LogP contribution >= 0.6 is 0 Å². The molecule has 0 bridgehead atoms. The molecule has 0 N–H and O–H groups in total. The summed E-state index contributed by atoms with van der Waals surface area (Å²) in [6.07, 6.45) is 4.41. The van der Waals surface area contributed by atoms with Gasteiger partial charge in [0.15, 0.2) is 5.95 Å². The van der Waals surface area contributed by atoms with E-state index < -0.39 is 0 Å². The van der Waals surface area contributed by atoms with Crippen LogP contribution in [0.15, 0.2) is 42.7 Å². The number of pyridine rings is 2. The van der Waals surface area contributed by atoms with Crippen molar-refractivity contribution >= 4 is 5.65 Å². The Kier molecular flexibility index (Phi) is 3.46. The van der Waals surface area contributed by atoms with Crippen LogP contribution in [-0.2, 0) is 6.54 Å². The third kappa shape index (κ3) is 2.55. The largest absolute Gasteiger partial charge is 0.492 e. The van der Waals surface area contributed by atoms with E-state index in [9.17, 15) is 4.39 Å². The highest BCUT2D eigenvalue weighted by atomic mass is 19.1. The van der Waals surface area contributed by atoms with Crippen molar-refractivity contribution in [3.05, 3.63) is 60.1 Å². The van der Waals surface area contributed by atoms with Crippen LogP contribution in [-0.4, -0.2) is 32.9 Å². The molecule has 0 amide bonds. The molecule has 0 radical (unpaired) electrons. The number of aromatic nitrogens is 3. The summed E-state index contributed by atoms with van der Waals surface area (Å²) in [5, 5.41) is 0. The lowest BCUT2D eigenvalue weighted by atomic mass is 10.1. The SMILES string of the molecule is CN(Cc1cn2c(F)cccc2n1)C1CCOc2cccnc21. The van der Waals surface area contributed by atoms with Crippen molar-refractivity contribution in [2.75, 3.05) is 13.7 Å². The number of nitrogens with zero attached hydrogens (tertiary/aromatic N) is 4. The Balaban J connectivity index is 1.60. The fraction of sp³-hybridized carbons (Fsp3) is 0.294. The van der Waals surface area contributed by atoms with E-state index in [1.165, 1.54) is 10.5 Å². The topological polar surface area (TPSA) is 42.7 Å². The van der Waals surface area contributed by atoms with E-state index in [2.05, 4.69) is 14.9 Å². The Hall–Kier alpha value is -2.47. The molecule has 1 aliphatic rings. The second-order valence-electron chi connectivity index (χ2n) is 5.76. The van der Waals surface area contributed by atoms with Gasteiger partial charge in [0.05, 0.1) is 24.0 Å². The van der Waals surface area contributed by atoms with Crippen LogP contribution in [0.5, 0.6) is 5.75 Å². The highest BCUT2D eigenvalue weighted by Crippen LogP contribution is 2.33. The summed E-state index contributed by atoms with van der Waals surface area (Å²) < 4.78 is 20.9. The molecule has 3 aromatic heterocycles. The molecule has 6 heteroatoms. The van der Waals surface area contributed by atoms with E-state index in [4.69, 9.17) is 4.74 Å². The lowest BCUT2D eigenvalue weighted by Gasteiger charge is -2.31. The van der Waals surface area contributed by atoms with Crippen molar-refractivity contribution in [1.82, 2.24) is 19.3 Å². The molecule has 5 nitrogen and oxygen atoms in total. The minimum absolute atomic E-state index is 0.176. The number of ether oxygens (including phenoxy) is 1. The molecule has 4 rings (SSSR count). The number of hydrogen-bond acceptors (Lipinski definition) is 4. The first kappa shape index (κ1) is 14.1. The lowest BCUT2D eigenvalue weighted by molar-refractivity contribution is 0.155. The van der Waals surface area contributed by atoms with Gasteiger partial charge in [-0.05, 0) is 31.3 Å². The summed E-state index contributed by atoms with van der Waals surface area (Å²) in [4.78, 5) is 11.2. The van der Waals surface area contributed by atoms with Gasteiger partial charge in [-0.2, -0.15) is 4.39 Å². The lowest BCUT2D eigenvalue weighted by Crippen LogP contribution is -2.29. The molecule has 0 aromatic carbocycles. The zero-order valence-corrected chi connectivity index (χ0v) is 12.8. The van der Waals surface area contributed by atoms with Gasteiger partial charge in [0.2, 0.25) is 0 Å². The molecule has 23 heavy (non-hydrogen) atoms. The first-order chi connectivity index (χ1) is 11.2. The predicted octanol–water partition coefficient (Wildman–Crippen LogP) is 2.82. The third-order valence-electron chi connectivity index (χ3n) is 4.20. The Morgan fingerprint density at radius 3 is 3.13 bits per heavy atom. The molecular weight excluding hydrogens is 295 g/mol. The average Bonchev–Trinajstić information content (AvgIpc) is 2.98. The molecule has 0 aliphatic carbocycles. The van der Waals surface area contributed by atoms with Gasteiger partial charge in [0, 0.05) is 25.4 Å². The summed E-state index contributed by atoms with van der Waals surface area (Å²) in [7, 11) is 2.04. The zero-order valence-electron chi connectivity index (χ0n) is 12.8. The van der Waals surface area contributed by atoms with Crippen LogP contribution in [0.3, 0.4) is 0 Å². The summed E-state index contributed by atoms with van der Waals surface area (Å²) >= 11 is 0. The molecule has 0 saturated carbocycles. The molecule has 3 aromatic rings. The minimum Gasteiger partial charge on any atom is -0.492 e. The van der Waals surface area contributed by atoms with Crippen molar-refractivity contribution in [3.8, 4) is 5.75 Å². The summed E-state index contributed by atoms with van der Waals surface area (Å²) in [5.74, 6) is 0.540. The molecule has 0 saturated heterocycles. The van der Waals surface area contributed by atoms with Gasteiger partial charge in [-0.3, -0.25) is 14.3 Å². The van der Waals surface area contributed by atoms with Crippen molar-refractivity contribution < 1.29 is 9.13 Å². The van der Waals surface area contributed by atoms with Crippen LogP contribution in [0.1, 0.15) is 23.9 Å². The number of fused-ring (bicyclic) bond motifs is 2. The first-order valence-electron chi connectivity index (χ1n) is 7.63. The van der Waals surface area contributed by atoms with Crippen LogP contribution in [0.25, 0.3) is 5.65 Å². The van der Waals surface area contributed by atoms with Crippen LogP contribution in [0.4, 0.5) is 4.39 Å². The fourth-order valence-corrected chi connectivity index (χ4v) is 3.09.